The molecule has 0 bridgehead atoms. The van der Waals surface area contributed by atoms with Crippen LogP contribution >= 0.6 is 0 Å². The second-order valence-electron chi connectivity index (χ2n) is 21.4. The highest BCUT2D eigenvalue weighted by molar-refractivity contribution is 6.74. The van der Waals surface area contributed by atoms with Crippen LogP contribution in [0.1, 0.15) is 154 Å². The molecule has 0 amide bonds. The number of allylic oxidation sites excluding steroid dienone is 3. The van der Waals surface area contributed by atoms with E-state index in [4.69, 9.17) is 13.3 Å². The Morgan fingerprint density at radius 1 is 0.824 bits per heavy atom. The van der Waals surface area contributed by atoms with E-state index in [9.17, 15) is 0 Å². The summed E-state index contributed by atoms with van der Waals surface area (Å²) in [6, 6.07) is 3.71. The first-order valence-electron chi connectivity index (χ1n) is 21.4. The van der Waals surface area contributed by atoms with Crippen LogP contribution in [-0.2, 0) is 13.3 Å². The predicted molar refractivity (Wildman–Crippen MR) is 232 cm³/mol. The van der Waals surface area contributed by atoms with Crippen molar-refractivity contribution in [3.8, 4) is 0 Å². The van der Waals surface area contributed by atoms with Crippen molar-refractivity contribution in [1.29, 1.82) is 0 Å². The van der Waals surface area contributed by atoms with Crippen LogP contribution in [0.3, 0.4) is 0 Å². The lowest BCUT2D eigenvalue weighted by molar-refractivity contribution is 0.0704. The molecule has 3 aliphatic carbocycles. The van der Waals surface area contributed by atoms with Gasteiger partial charge in [-0.1, -0.05) is 119 Å². The van der Waals surface area contributed by atoms with E-state index in [1.807, 2.05) is 0 Å². The summed E-state index contributed by atoms with van der Waals surface area (Å²) >= 11 is 0. The third-order valence-corrected chi connectivity index (χ3v) is 29.2. The Labute approximate surface area is 322 Å². The molecular formula is C45H86O3Si3. The van der Waals surface area contributed by atoms with E-state index < -0.39 is 25.0 Å². The smallest absolute Gasteiger partial charge is 0.192 e. The Hall–Kier alpha value is -0.249. The maximum absolute atomic E-state index is 7.13. The largest absolute Gasteiger partial charge is 0.412 e. The highest BCUT2D eigenvalue weighted by atomic mass is 28.4. The van der Waals surface area contributed by atoms with Crippen molar-refractivity contribution >= 4 is 25.0 Å². The van der Waals surface area contributed by atoms with E-state index in [0.29, 0.717) is 5.41 Å². The van der Waals surface area contributed by atoms with Crippen LogP contribution in [0.2, 0.25) is 54.4 Å². The summed E-state index contributed by atoms with van der Waals surface area (Å²) in [6.07, 6.45) is 17.6. The van der Waals surface area contributed by atoms with Crippen molar-refractivity contribution in [2.45, 2.75) is 226 Å². The molecule has 0 heterocycles. The van der Waals surface area contributed by atoms with Crippen LogP contribution < -0.4 is 0 Å². The molecule has 0 aromatic rings. The lowest BCUT2D eigenvalue weighted by Crippen LogP contribution is -2.49. The van der Waals surface area contributed by atoms with E-state index >= 15 is 0 Å². The Kier molecular flexibility index (Phi) is 14.9. The van der Waals surface area contributed by atoms with E-state index in [2.05, 4.69) is 135 Å². The zero-order valence-electron chi connectivity index (χ0n) is 37.2. The third-order valence-electron chi connectivity index (χ3n) is 15.3. The van der Waals surface area contributed by atoms with Gasteiger partial charge >= 0.3 is 0 Å². The number of rotatable bonds is 15. The number of hydrogen-bond donors (Lipinski definition) is 0. The van der Waals surface area contributed by atoms with Crippen LogP contribution in [0.4, 0.5) is 0 Å². The second kappa shape index (κ2) is 16.9. The van der Waals surface area contributed by atoms with Gasteiger partial charge in [-0.15, -0.1) is 0 Å². The molecule has 3 fully saturated rings. The standard InChI is InChI=1S/C45H86O3Si3/c1-19-51(20-2,21-3)48-44(12,13)30-22-24-34(4)38-28-29-39-37(25-23-31-45(38,39)14)27-26-36-32-40(46-49(15,16)42(6,7)8)35(5)41(33-36)47-50(17,18)43(9,10)11/h26-27,34,38-41H,5,19-25,28-33H2,1-4,6-18H3/b37-27+/t34-,38?,39?,40+,41+,45+/m0/s1. The van der Waals surface area contributed by atoms with Gasteiger partial charge in [0, 0.05) is 0 Å². The topological polar surface area (TPSA) is 27.7 Å². The summed E-state index contributed by atoms with van der Waals surface area (Å²) in [4.78, 5) is 0. The van der Waals surface area contributed by atoms with Crippen LogP contribution in [-0.4, -0.2) is 42.8 Å². The molecule has 2 unspecified atom stereocenters. The van der Waals surface area contributed by atoms with Crippen molar-refractivity contribution in [3.63, 3.8) is 0 Å². The molecule has 0 radical (unpaired) electrons. The van der Waals surface area contributed by atoms with Gasteiger partial charge in [0.05, 0.1) is 17.8 Å². The fourth-order valence-electron chi connectivity index (χ4n) is 9.56. The molecular weight excluding hydrogens is 673 g/mol. The molecule has 0 aromatic heterocycles. The van der Waals surface area contributed by atoms with Gasteiger partial charge in [-0.05, 0) is 148 Å². The summed E-state index contributed by atoms with van der Waals surface area (Å²) in [6.45, 7) is 45.3. The molecule has 0 aromatic carbocycles. The minimum atomic E-state index is -1.98. The fourth-order valence-corrected chi connectivity index (χ4v) is 15.4. The first kappa shape index (κ1) is 45.1. The van der Waals surface area contributed by atoms with Crippen LogP contribution in [0.25, 0.3) is 0 Å². The molecule has 6 atom stereocenters. The van der Waals surface area contributed by atoms with Crippen molar-refractivity contribution in [1.82, 2.24) is 0 Å². The van der Waals surface area contributed by atoms with Crippen LogP contribution in [0, 0.1) is 23.2 Å². The zero-order valence-corrected chi connectivity index (χ0v) is 40.2. The monoisotopic (exact) mass is 759 g/mol. The molecule has 3 rings (SSSR count). The summed E-state index contributed by atoms with van der Waals surface area (Å²) in [5.74, 6) is 2.31. The zero-order chi connectivity index (χ0) is 38.8. The Bertz CT molecular complexity index is 1180. The normalized spacial score (nSPS) is 28.7. The van der Waals surface area contributed by atoms with E-state index in [0.717, 1.165) is 30.6 Å². The number of hydrogen-bond acceptors (Lipinski definition) is 3. The molecule has 3 saturated carbocycles. The Morgan fingerprint density at radius 2 is 1.33 bits per heavy atom. The van der Waals surface area contributed by atoms with E-state index in [-0.39, 0.29) is 27.9 Å². The fraction of sp³-hybridized carbons (Fsp3) is 0.867. The van der Waals surface area contributed by atoms with Gasteiger partial charge in [0.1, 0.15) is 0 Å². The average molecular weight is 759 g/mol. The molecule has 6 heteroatoms. The maximum Gasteiger partial charge on any atom is 0.192 e. The molecule has 0 aliphatic heterocycles. The summed E-state index contributed by atoms with van der Waals surface area (Å²) in [7, 11) is -5.55. The van der Waals surface area contributed by atoms with Crippen LogP contribution in [0.15, 0.2) is 35.5 Å². The van der Waals surface area contributed by atoms with Crippen molar-refractivity contribution in [2.24, 2.45) is 23.2 Å². The summed E-state index contributed by atoms with van der Waals surface area (Å²) < 4.78 is 21.3. The molecule has 0 saturated heterocycles. The van der Waals surface area contributed by atoms with E-state index in [1.54, 1.807) is 5.57 Å². The van der Waals surface area contributed by atoms with Gasteiger partial charge in [0.2, 0.25) is 0 Å². The molecule has 0 spiro atoms. The third kappa shape index (κ3) is 10.7. The molecule has 3 nitrogen and oxygen atoms in total. The van der Waals surface area contributed by atoms with Gasteiger partial charge in [0.15, 0.2) is 25.0 Å². The Balaban J connectivity index is 1.78. The lowest BCUT2D eigenvalue weighted by Gasteiger charge is -2.46. The van der Waals surface area contributed by atoms with Crippen molar-refractivity contribution in [3.05, 3.63) is 35.5 Å². The number of fused-ring (bicyclic) bond motifs is 1. The second-order valence-corrected chi connectivity index (χ2v) is 35.6. The minimum Gasteiger partial charge on any atom is -0.412 e. The van der Waals surface area contributed by atoms with Gasteiger partial charge in [-0.2, -0.15) is 0 Å². The molecule has 0 N–H and O–H groups in total. The van der Waals surface area contributed by atoms with Gasteiger partial charge in [-0.25, -0.2) is 0 Å². The summed E-state index contributed by atoms with van der Waals surface area (Å²) in [5, 5.41) is 0.317. The Morgan fingerprint density at radius 3 is 1.80 bits per heavy atom. The maximum atomic E-state index is 7.13. The van der Waals surface area contributed by atoms with Crippen molar-refractivity contribution in [2.75, 3.05) is 0 Å². The van der Waals surface area contributed by atoms with E-state index in [1.165, 1.54) is 80.6 Å². The highest BCUT2D eigenvalue weighted by Crippen LogP contribution is 2.60. The summed E-state index contributed by atoms with van der Waals surface area (Å²) in [5.41, 5.74) is 4.80. The highest BCUT2D eigenvalue weighted by Gasteiger charge is 2.51. The quantitative estimate of drug-likeness (QED) is 0.123. The van der Waals surface area contributed by atoms with Crippen LogP contribution in [0.5, 0.6) is 0 Å². The molecule has 296 valence electrons. The average Bonchev–Trinajstić information content (AvgIpc) is 3.37. The molecule has 51 heavy (non-hydrogen) atoms. The minimum absolute atomic E-state index is 0.000714. The molecule has 3 aliphatic rings. The van der Waals surface area contributed by atoms with Gasteiger partial charge < -0.3 is 13.3 Å². The van der Waals surface area contributed by atoms with Gasteiger partial charge in [-0.3, -0.25) is 0 Å². The SMILES string of the molecule is C=C1[C@H](O[Si](C)(C)C(C)(C)C)CC(=C/C=C2\CCC[C@@]3(C)C2CCC3[C@@H](C)CCCC(C)(C)O[Si](CC)(CC)CC)C[C@H]1O[Si](C)(C)C(C)(C)C. The lowest BCUT2D eigenvalue weighted by atomic mass is 9.60. The van der Waals surface area contributed by atoms with Gasteiger partial charge in [0.25, 0.3) is 0 Å². The first-order valence-corrected chi connectivity index (χ1v) is 29.7. The van der Waals surface area contributed by atoms with Crippen molar-refractivity contribution < 1.29 is 13.3 Å². The first-order chi connectivity index (χ1) is 23.3. The predicted octanol–water partition coefficient (Wildman–Crippen LogP) is 14.8.